The number of hydrogen-bond donors (Lipinski definition) is 0. The van der Waals surface area contributed by atoms with Gasteiger partial charge in [0.1, 0.15) is 11.6 Å². The maximum absolute atomic E-state index is 14.8. The number of benzene rings is 1. The Kier molecular flexibility index (Phi) is 2.97. The summed E-state index contributed by atoms with van der Waals surface area (Å²) < 4.78 is 30.6. The standard InChI is InChI=1S/C15H10F2N6/c1-8(23-15-14(21-22-23)19-5-6-20-15)12-10(16)7-11-9(13(12)17)3-2-4-18-11/h2-8H,1H3. The summed E-state index contributed by atoms with van der Waals surface area (Å²) in [6, 6.07) is 3.65. The molecule has 0 aliphatic heterocycles. The highest BCUT2D eigenvalue weighted by atomic mass is 19.1. The SMILES string of the molecule is CC(c1c(F)cc2ncccc2c1F)n1nnc2nccnc21. The van der Waals surface area contributed by atoms with Gasteiger partial charge in [0.2, 0.25) is 5.65 Å². The Morgan fingerprint density at radius 3 is 2.78 bits per heavy atom. The fourth-order valence-electron chi connectivity index (χ4n) is 2.62. The minimum absolute atomic E-state index is 0.108. The van der Waals surface area contributed by atoms with Crippen LogP contribution in [0.5, 0.6) is 0 Å². The van der Waals surface area contributed by atoms with Gasteiger partial charge in [-0.25, -0.2) is 23.4 Å². The molecule has 114 valence electrons. The Bertz CT molecular complexity index is 1030. The van der Waals surface area contributed by atoms with Crippen LogP contribution in [0, 0.1) is 11.6 Å². The summed E-state index contributed by atoms with van der Waals surface area (Å²) in [4.78, 5) is 12.1. The van der Waals surface area contributed by atoms with E-state index >= 15 is 0 Å². The van der Waals surface area contributed by atoms with Crippen molar-refractivity contribution in [1.82, 2.24) is 29.9 Å². The molecular formula is C15H10F2N6. The molecule has 0 spiro atoms. The first-order chi connectivity index (χ1) is 11.2. The van der Waals surface area contributed by atoms with Crippen LogP contribution in [0.15, 0.2) is 36.8 Å². The maximum atomic E-state index is 14.8. The van der Waals surface area contributed by atoms with Crippen molar-refractivity contribution < 1.29 is 8.78 Å². The van der Waals surface area contributed by atoms with Crippen LogP contribution >= 0.6 is 0 Å². The van der Waals surface area contributed by atoms with Crippen molar-refractivity contribution in [3.05, 3.63) is 54.0 Å². The van der Waals surface area contributed by atoms with Crippen LogP contribution in [-0.2, 0) is 0 Å². The summed E-state index contributed by atoms with van der Waals surface area (Å²) in [5.74, 6) is -1.35. The van der Waals surface area contributed by atoms with Crippen LogP contribution < -0.4 is 0 Å². The third kappa shape index (κ3) is 2.02. The molecule has 0 saturated heterocycles. The summed E-state index contributed by atoms with van der Waals surface area (Å²) in [7, 11) is 0. The fourth-order valence-corrected chi connectivity index (χ4v) is 2.62. The van der Waals surface area contributed by atoms with Crippen molar-refractivity contribution >= 4 is 22.2 Å². The molecule has 0 radical (unpaired) electrons. The second-order valence-corrected chi connectivity index (χ2v) is 5.07. The average Bonchev–Trinajstić information content (AvgIpc) is 2.99. The molecule has 0 amide bonds. The number of nitrogens with zero attached hydrogens (tertiary/aromatic N) is 6. The zero-order chi connectivity index (χ0) is 16.0. The molecule has 0 bridgehead atoms. The van der Waals surface area contributed by atoms with E-state index in [-0.39, 0.29) is 16.5 Å². The lowest BCUT2D eigenvalue weighted by Gasteiger charge is -2.15. The van der Waals surface area contributed by atoms with Gasteiger partial charge in [-0.05, 0) is 19.1 Å². The van der Waals surface area contributed by atoms with E-state index in [9.17, 15) is 8.78 Å². The predicted octanol–water partition coefficient (Wildman–Crippen LogP) is 2.66. The van der Waals surface area contributed by atoms with Crippen LogP contribution in [-0.4, -0.2) is 29.9 Å². The van der Waals surface area contributed by atoms with Crippen LogP contribution in [0.25, 0.3) is 22.2 Å². The van der Waals surface area contributed by atoms with E-state index in [0.29, 0.717) is 11.3 Å². The quantitative estimate of drug-likeness (QED) is 0.569. The third-order valence-electron chi connectivity index (χ3n) is 3.73. The molecule has 6 nitrogen and oxygen atoms in total. The van der Waals surface area contributed by atoms with E-state index in [2.05, 4.69) is 25.3 Å². The van der Waals surface area contributed by atoms with Gasteiger partial charge in [-0.1, -0.05) is 5.21 Å². The zero-order valence-electron chi connectivity index (χ0n) is 12.0. The number of rotatable bonds is 2. The fraction of sp³-hybridized carbons (Fsp3) is 0.133. The van der Waals surface area contributed by atoms with Gasteiger partial charge in [0.05, 0.1) is 11.6 Å². The molecular weight excluding hydrogens is 302 g/mol. The monoisotopic (exact) mass is 312 g/mol. The van der Waals surface area contributed by atoms with Crippen molar-refractivity contribution in [2.75, 3.05) is 0 Å². The smallest absolute Gasteiger partial charge is 0.221 e. The molecule has 3 aromatic heterocycles. The molecule has 8 heteroatoms. The molecule has 3 heterocycles. The number of fused-ring (bicyclic) bond motifs is 2. The van der Waals surface area contributed by atoms with Crippen molar-refractivity contribution in [2.45, 2.75) is 13.0 Å². The van der Waals surface area contributed by atoms with Gasteiger partial charge in [0.15, 0.2) is 5.65 Å². The molecule has 4 rings (SSSR count). The normalized spacial score (nSPS) is 12.8. The van der Waals surface area contributed by atoms with E-state index in [4.69, 9.17) is 0 Å². The Labute approximate surface area is 128 Å². The Balaban J connectivity index is 1.95. The van der Waals surface area contributed by atoms with E-state index in [1.165, 1.54) is 29.3 Å². The summed E-state index contributed by atoms with van der Waals surface area (Å²) in [6.07, 6.45) is 4.45. The zero-order valence-corrected chi connectivity index (χ0v) is 12.0. The largest absolute Gasteiger partial charge is 0.256 e. The van der Waals surface area contributed by atoms with E-state index in [0.717, 1.165) is 0 Å². The summed E-state index contributed by atoms with van der Waals surface area (Å²) >= 11 is 0. The van der Waals surface area contributed by atoms with Gasteiger partial charge >= 0.3 is 0 Å². The number of hydrogen-bond acceptors (Lipinski definition) is 5. The summed E-state index contributed by atoms with van der Waals surface area (Å²) in [6.45, 7) is 1.63. The molecule has 0 saturated carbocycles. The van der Waals surface area contributed by atoms with E-state index < -0.39 is 17.7 Å². The first kappa shape index (κ1) is 13.6. The second kappa shape index (κ2) is 5.01. The van der Waals surface area contributed by atoms with Crippen molar-refractivity contribution in [1.29, 1.82) is 0 Å². The molecule has 0 fully saturated rings. The van der Waals surface area contributed by atoms with Crippen molar-refractivity contribution in [3.8, 4) is 0 Å². The average molecular weight is 312 g/mol. The lowest BCUT2D eigenvalue weighted by molar-refractivity contribution is 0.484. The molecule has 1 atom stereocenters. The maximum Gasteiger partial charge on any atom is 0.221 e. The van der Waals surface area contributed by atoms with Gasteiger partial charge in [-0.2, -0.15) is 0 Å². The van der Waals surface area contributed by atoms with Gasteiger partial charge < -0.3 is 0 Å². The third-order valence-corrected chi connectivity index (χ3v) is 3.73. The highest BCUT2D eigenvalue weighted by Gasteiger charge is 2.23. The van der Waals surface area contributed by atoms with Gasteiger partial charge in [-0.15, -0.1) is 5.10 Å². The molecule has 1 unspecified atom stereocenters. The van der Waals surface area contributed by atoms with Gasteiger partial charge in [0, 0.05) is 35.6 Å². The predicted molar refractivity (Wildman–Crippen MR) is 78.6 cm³/mol. The minimum atomic E-state index is -0.735. The van der Waals surface area contributed by atoms with Crippen LogP contribution in [0.4, 0.5) is 8.78 Å². The van der Waals surface area contributed by atoms with Crippen molar-refractivity contribution in [2.24, 2.45) is 0 Å². The van der Waals surface area contributed by atoms with Crippen molar-refractivity contribution in [3.63, 3.8) is 0 Å². The molecule has 4 aromatic rings. The van der Waals surface area contributed by atoms with Crippen LogP contribution in [0.2, 0.25) is 0 Å². The Morgan fingerprint density at radius 2 is 1.91 bits per heavy atom. The van der Waals surface area contributed by atoms with Crippen LogP contribution in [0.3, 0.4) is 0 Å². The number of pyridine rings is 1. The lowest BCUT2D eigenvalue weighted by atomic mass is 10.0. The molecule has 0 aliphatic carbocycles. The first-order valence-corrected chi connectivity index (χ1v) is 6.91. The molecule has 0 aliphatic rings. The molecule has 23 heavy (non-hydrogen) atoms. The topological polar surface area (TPSA) is 69.4 Å². The second-order valence-electron chi connectivity index (χ2n) is 5.07. The van der Waals surface area contributed by atoms with Crippen LogP contribution in [0.1, 0.15) is 18.5 Å². The number of halogens is 2. The van der Waals surface area contributed by atoms with E-state index in [1.54, 1.807) is 19.1 Å². The molecule has 1 aromatic carbocycles. The highest BCUT2D eigenvalue weighted by Crippen LogP contribution is 2.29. The summed E-state index contributed by atoms with van der Waals surface area (Å²) in [5, 5.41) is 8.05. The highest BCUT2D eigenvalue weighted by molar-refractivity contribution is 5.80. The van der Waals surface area contributed by atoms with Gasteiger partial charge in [-0.3, -0.25) is 4.98 Å². The first-order valence-electron chi connectivity index (χ1n) is 6.91. The molecule has 0 N–H and O–H groups in total. The Hall–Kier alpha value is -3.03. The Morgan fingerprint density at radius 1 is 1.09 bits per heavy atom. The van der Waals surface area contributed by atoms with E-state index in [1.807, 2.05) is 0 Å². The minimum Gasteiger partial charge on any atom is -0.256 e. The van der Waals surface area contributed by atoms with Gasteiger partial charge in [0.25, 0.3) is 0 Å². The summed E-state index contributed by atoms with van der Waals surface area (Å²) in [5.41, 5.74) is 0.845. The number of aromatic nitrogens is 6. The lowest BCUT2D eigenvalue weighted by Crippen LogP contribution is -2.13.